The molecule has 0 aliphatic carbocycles. The first-order valence-corrected chi connectivity index (χ1v) is 12.0. The Hall–Kier alpha value is -4.57. The second-order valence-electron chi connectivity index (χ2n) is 8.64. The van der Waals surface area contributed by atoms with Gasteiger partial charge in [0.2, 0.25) is 5.91 Å². The van der Waals surface area contributed by atoms with E-state index in [9.17, 15) is 9.59 Å². The lowest BCUT2D eigenvalue weighted by molar-refractivity contribution is -0.127. The number of aromatic nitrogens is 4. The minimum absolute atomic E-state index is 0.0804. The van der Waals surface area contributed by atoms with Gasteiger partial charge in [-0.05, 0) is 37.1 Å². The van der Waals surface area contributed by atoms with Gasteiger partial charge in [0.05, 0.1) is 12.6 Å². The van der Waals surface area contributed by atoms with Crippen molar-refractivity contribution in [3.8, 4) is 11.3 Å². The van der Waals surface area contributed by atoms with Crippen molar-refractivity contribution >= 4 is 29.0 Å². The number of benzene rings is 1. The minimum atomic E-state index is -0.261. The van der Waals surface area contributed by atoms with Crippen LogP contribution in [0, 0.1) is 0 Å². The normalized spacial score (nSPS) is 15.5. The fourth-order valence-corrected chi connectivity index (χ4v) is 4.57. The molecular weight excluding hydrogens is 470 g/mol. The van der Waals surface area contributed by atoms with Crippen LogP contribution in [0.4, 0.5) is 11.6 Å². The Bertz CT molecular complexity index is 1450. The zero-order chi connectivity index (χ0) is 25.8. The Kier molecular flexibility index (Phi) is 6.91. The number of nitrogens with zero attached hydrogens (tertiary/aromatic N) is 5. The average Bonchev–Trinajstić information content (AvgIpc) is 3.55. The van der Waals surface area contributed by atoms with Gasteiger partial charge in [-0.15, -0.1) is 0 Å². The summed E-state index contributed by atoms with van der Waals surface area (Å²) in [6, 6.07) is 12.2. The number of hydrogen-bond acceptors (Lipinski definition) is 7. The number of fused-ring (bicyclic) bond motifs is 1. The molecule has 3 N–H and O–H groups in total. The van der Waals surface area contributed by atoms with E-state index in [0.717, 1.165) is 24.2 Å². The number of rotatable bonds is 7. The summed E-state index contributed by atoms with van der Waals surface area (Å²) in [6.07, 6.45) is 9.98. The highest BCUT2D eigenvalue weighted by Crippen LogP contribution is 2.36. The number of carbonyl (C=O) groups is 2. The molecule has 4 aromatic rings. The molecule has 0 spiro atoms. The molecule has 3 aromatic heterocycles. The van der Waals surface area contributed by atoms with Crippen molar-refractivity contribution in [3.63, 3.8) is 0 Å². The summed E-state index contributed by atoms with van der Waals surface area (Å²) in [5.74, 6) is 1.20. The fraction of sp³-hybridized carbons (Fsp3) is 0.222. The number of amides is 2. The molecule has 5 rings (SSSR count). The Morgan fingerprint density at radius 2 is 2.00 bits per heavy atom. The van der Waals surface area contributed by atoms with E-state index in [1.807, 2.05) is 27.6 Å². The van der Waals surface area contributed by atoms with Crippen LogP contribution in [0.2, 0.25) is 0 Å². The van der Waals surface area contributed by atoms with Gasteiger partial charge in [0.25, 0.3) is 5.91 Å². The van der Waals surface area contributed by atoms with Crippen molar-refractivity contribution in [3.05, 3.63) is 84.6 Å². The van der Waals surface area contributed by atoms with Crippen LogP contribution in [0.3, 0.4) is 0 Å². The van der Waals surface area contributed by atoms with Crippen LogP contribution in [-0.2, 0) is 9.53 Å². The fourth-order valence-electron chi connectivity index (χ4n) is 4.57. The third-order valence-corrected chi connectivity index (χ3v) is 6.29. The number of likely N-dealkylation sites (tertiary alicyclic amines) is 1. The lowest BCUT2D eigenvalue weighted by atomic mass is 10.1. The molecular formula is C27H27N7O3. The van der Waals surface area contributed by atoms with Gasteiger partial charge in [0.1, 0.15) is 28.7 Å². The predicted molar refractivity (Wildman–Crippen MR) is 140 cm³/mol. The van der Waals surface area contributed by atoms with Crippen LogP contribution < -0.4 is 11.1 Å². The van der Waals surface area contributed by atoms with Gasteiger partial charge in [-0.25, -0.2) is 15.0 Å². The largest absolute Gasteiger partial charge is 0.382 e. The molecule has 0 saturated carbocycles. The van der Waals surface area contributed by atoms with Crippen LogP contribution in [-0.4, -0.2) is 56.3 Å². The van der Waals surface area contributed by atoms with Crippen molar-refractivity contribution in [1.82, 2.24) is 24.3 Å². The number of anilines is 2. The Balaban J connectivity index is 1.47. The van der Waals surface area contributed by atoms with Gasteiger partial charge < -0.3 is 20.7 Å². The third-order valence-electron chi connectivity index (χ3n) is 6.29. The van der Waals surface area contributed by atoms with Gasteiger partial charge in [-0.2, -0.15) is 0 Å². The van der Waals surface area contributed by atoms with E-state index in [1.165, 1.54) is 0 Å². The van der Waals surface area contributed by atoms with E-state index in [1.54, 1.807) is 62.0 Å². The van der Waals surface area contributed by atoms with Crippen molar-refractivity contribution in [2.45, 2.75) is 18.9 Å². The summed E-state index contributed by atoms with van der Waals surface area (Å²) in [6.45, 7) is 1.02. The van der Waals surface area contributed by atoms with E-state index in [2.05, 4.69) is 15.3 Å². The molecule has 37 heavy (non-hydrogen) atoms. The lowest BCUT2D eigenvalue weighted by Gasteiger charge is -2.22. The highest BCUT2D eigenvalue weighted by Gasteiger charge is 2.33. The van der Waals surface area contributed by atoms with Gasteiger partial charge in [0.15, 0.2) is 0 Å². The smallest absolute Gasteiger partial charge is 0.256 e. The van der Waals surface area contributed by atoms with Gasteiger partial charge in [-0.1, -0.05) is 24.3 Å². The molecule has 2 amide bonds. The second kappa shape index (κ2) is 10.6. The number of methoxy groups -OCH3 is 1. The zero-order valence-corrected chi connectivity index (χ0v) is 20.4. The Morgan fingerprint density at radius 1 is 1.16 bits per heavy atom. The third kappa shape index (κ3) is 4.91. The maximum Gasteiger partial charge on any atom is 0.256 e. The number of hydrogen-bond donors (Lipinski definition) is 2. The summed E-state index contributed by atoms with van der Waals surface area (Å²) in [7, 11) is 1.59. The first-order chi connectivity index (χ1) is 18.1. The number of nitrogen functional groups attached to an aromatic ring is 1. The van der Waals surface area contributed by atoms with Gasteiger partial charge in [0, 0.05) is 49.4 Å². The first kappa shape index (κ1) is 24.1. The van der Waals surface area contributed by atoms with E-state index >= 15 is 0 Å². The van der Waals surface area contributed by atoms with Gasteiger partial charge >= 0.3 is 0 Å². The van der Waals surface area contributed by atoms with Crippen LogP contribution in [0.25, 0.3) is 16.8 Å². The quantitative estimate of drug-likeness (QED) is 0.374. The average molecular weight is 498 g/mol. The van der Waals surface area contributed by atoms with E-state index in [4.69, 9.17) is 15.5 Å². The molecule has 4 heterocycles. The molecule has 1 aromatic carbocycles. The number of nitrogens with one attached hydrogen (secondary N) is 1. The number of imidazole rings is 1. The molecule has 0 unspecified atom stereocenters. The summed E-state index contributed by atoms with van der Waals surface area (Å²) < 4.78 is 6.93. The number of carbonyl (C=O) groups excluding carboxylic acids is 2. The van der Waals surface area contributed by atoms with Crippen LogP contribution in [0.15, 0.2) is 73.2 Å². The predicted octanol–water partition coefficient (Wildman–Crippen LogP) is 3.49. The van der Waals surface area contributed by atoms with E-state index < -0.39 is 0 Å². The minimum Gasteiger partial charge on any atom is -0.382 e. The first-order valence-electron chi connectivity index (χ1n) is 12.0. The molecule has 10 heteroatoms. The van der Waals surface area contributed by atoms with Crippen molar-refractivity contribution in [2.75, 3.05) is 31.3 Å². The highest BCUT2D eigenvalue weighted by molar-refractivity contribution is 6.04. The topological polar surface area (TPSA) is 128 Å². The Morgan fingerprint density at radius 3 is 2.76 bits per heavy atom. The molecule has 1 saturated heterocycles. The molecule has 1 atom stereocenters. The highest BCUT2D eigenvalue weighted by atomic mass is 16.5. The van der Waals surface area contributed by atoms with E-state index in [0.29, 0.717) is 41.6 Å². The van der Waals surface area contributed by atoms with Gasteiger partial charge in [-0.3, -0.25) is 14.0 Å². The summed E-state index contributed by atoms with van der Waals surface area (Å²) in [5.41, 5.74) is 8.88. The summed E-state index contributed by atoms with van der Waals surface area (Å²) in [4.78, 5) is 40.7. The Labute approximate surface area is 213 Å². The molecule has 1 aliphatic heterocycles. The molecule has 0 bridgehead atoms. The molecule has 1 fully saturated rings. The lowest BCUT2D eigenvalue weighted by Crippen LogP contribution is -2.30. The van der Waals surface area contributed by atoms with E-state index in [-0.39, 0.29) is 17.9 Å². The summed E-state index contributed by atoms with van der Waals surface area (Å²) in [5, 5.41) is 2.78. The zero-order valence-electron chi connectivity index (χ0n) is 20.4. The van der Waals surface area contributed by atoms with Crippen LogP contribution >= 0.6 is 0 Å². The summed E-state index contributed by atoms with van der Waals surface area (Å²) >= 11 is 0. The molecule has 0 radical (unpaired) electrons. The number of ether oxygens (including phenoxy) is 1. The van der Waals surface area contributed by atoms with Crippen molar-refractivity contribution in [1.29, 1.82) is 0 Å². The molecule has 188 valence electrons. The number of pyridine rings is 1. The SMILES string of the molecule is COCC=CC(=O)N1CCC[C@H]1c1nc(-c2ccc(C(=O)Nc3ccccn3)cc2)c2c(N)nccn12. The molecule has 10 nitrogen and oxygen atoms in total. The number of nitrogens with two attached hydrogens (primary N) is 1. The van der Waals surface area contributed by atoms with Crippen LogP contribution in [0.1, 0.15) is 35.1 Å². The van der Waals surface area contributed by atoms with Crippen molar-refractivity contribution in [2.24, 2.45) is 0 Å². The molecule has 1 aliphatic rings. The maximum absolute atomic E-state index is 12.9. The second-order valence-corrected chi connectivity index (χ2v) is 8.64. The standard InChI is InChI=1S/C27H27N7O3/c1-37-17-5-8-22(35)33-15-4-6-20(33)26-32-23(24-25(28)30-14-16-34(24)26)18-9-11-19(12-10-18)27(36)31-21-7-2-3-13-29-21/h2-3,5,7-14,16,20H,4,6,15,17H2,1H3,(H2,28,30)(H,29,31,36)/t20-/m0/s1. The maximum atomic E-state index is 12.9. The monoisotopic (exact) mass is 497 g/mol. The van der Waals surface area contributed by atoms with Crippen LogP contribution in [0.5, 0.6) is 0 Å². The van der Waals surface area contributed by atoms with Crippen molar-refractivity contribution < 1.29 is 14.3 Å².